The van der Waals surface area contributed by atoms with Gasteiger partial charge in [0.05, 0.1) is 22.6 Å². The summed E-state index contributed by atoms with van der Waals surface area (Å²) in [6.07, 6.45) is 6.15. The van der Waals surface area contributed by atoms with Gasteiger partial charge in [-0.15, -0.1) is 22.7 Å². The van der Waals surface area contributed by atoms with E-state index in [2.05, 4.69) is 29.5 Å². The number of allylic oxidation sites excluding steroid dienone is 3. The number of hydrogen-bond acceptors (Lipinski definition) is 9. The summed E-state index contributed by atoms with van der Waals surface area (Å²) in [6.45, 7) is 10.1. The first kappa shape index (κ1) is 26.2. The molecule has 1 amide bonds. The van der Waals surface area contributed by atoms with Crippen LogP contribution >= 0.6 is 22.7 Å². The number of anilines is 1. The van der Waals surface area contributed by atoms with Gasteiger partial charge in [-0.1, -0.05) is 19.2 Å². The number of amides is 1. The number of ether oxygens (including phenoxy) is 3. The van der Waals surface area contributed by atoms with E-state index in [1.807, 2.05) is 6.92 Å². The Morgan fingerprint density at radius 3 is 2.89 bits per heavy atom. The maximum atomic E-state index is 12.6. The number of fused-ring (bicyclic) bond motifs is 1. The van der Waals surface area contributed by atoms with Crippen LogP contribution in [0.3, 0.4) is 0 Å². The van der Waals surface area contributed by atoms with Crippen molar-refractivity contribution < 1.29 is 23.8 Å². The summed E-state index contributed by atoms with van der Waals surface area (Å²) in [5, 5.41) is 13.1. The zero-order valence-corrected chi connectivity index (χ0v) is 21.1. The minimum absolute atomic E-state index is 0.122. The number of aromatic nitrogens is 1. The Morgan fingerprint density at radius 2 is 2.20 bits per heavy atom. The zero-order chi connectivity index (χ0) is 25.2. The molecule has 0 saturated heterocycles. The van der Waals surface area contributed by atoms with E-state index in [-0.39, 0.29) is 25.0 Å². The fourth-order valence-electron chi connectivity index (χ4n) is 3.58. The number of thiazole rings is 1. The van der Waals surface area contributed by atoms with E-state index in [1.54, 1.807) is 23.9 Å². The fraction of sp³-hybridized carbons (Fsp3) is 0.360. The Morgan fingerprint density at radius 1 is 1.37 bits per heavy atom. The molecule has 0 radical (unpaired) electrons. The van der Waals surface area contributed by atoms with Crippen LogP contribution < -0.4 is 5.32 Å². The van der Waals surface area contributed by atoms with Crippen LogP contribution in [0.1, 0.15) is 47.1 Å². The van der Waals surface area contributed by atoms with E-state index < -0.39 is 6.16 Å². The van der Waals surface area contributed by atoms with Gasteiger partial charge in [0.1, 0.15) is 29.5 Å². The number of nitrogens with zero attached hydrogens (tertiary/aromatic N) is 2. The molecule has 0 fully saturated rings. The van der Waals surface area contributed by atoms with Gasteiger partial charge in [0, 0.05) is 23.9 Å². The molecule has 1 N–H and O–H groups in total. The number of nitrogens with one attached hydrogen (secondary N) is 1. The third-order valence-electron chi connectivity index (χ3n) is 5.23. The van der Waals surface area contributed by atoms with Crippen molar-refractivity contribution in [2.75, 3.05) is 11.9 Å². The molecule has 8 nitrogen and oxygen atoms in total. The molecule has 1 atom stereocenters. The Balaban J connectivity index is 1.55. The topological polar surface area (TPSA) is 111 Å². The number of nitriles is 1. The third-order valence-corrected chi connectivity index (χ3v) is 7.16. The zero-order valence-electron chi connectivity index (χ0n) is 19.5. The molecule has 1 aliphatic carbocycles. The van der Waals surface area contributed by atoms with Gasteiger partial charge in [0.25, 0.3) is 0 Å². The molecule has 2 aromatic heterocycles. The van der Waals surface area contributed by atoms with E-state index in [4.69, 9.17) is 14.2 Å². The van der Waals surface area contributed by atoms with Crippen molar-refractivity contribution in [2.45, 2.75) is 51.7 Å². The van der Waals surface area contributed by atoms with Crippen molar-refractivity contribution in [3.05, 3.63) is 69.2 Å². The highest BCUT2D eigenvalue weighted by molar-refractivity contribution is 7.16. The molecule has 1 aliphatic rings. The average molecular weight is 514 g/mol. The van der Waals surface area contributed by atoms with Crippen LogP contribution in [0.5, 0.6) is 0 Å². The third kappa shape index (κ3) is 7.28. The van der Waals surface area contributed by atoms with E-state index in [0.29, 0.717) is 54.2 Å². The number of rotatable bonds is 11. The lowest BCUT2D eigenvalue weighted by atomic mass is 9.94. The first-order valence-electron chi connectivity index (χ1n) is 11.1. The highest BCUT2D eigenvalue weighted by Crippen LogP contribution is 2.38. The summed E-state index contributed by atoms with van der Waals surface area (Å²) in [7, 11) is 0. The highest BCUT2D eigenvalue weighted by atomic mass is 32.1. The molecule has 0 saturated carbocycles. The molecule has 0 spiro atoms. The van der Waals surface area contributed by atoms with Crippen LogP contribution in [0.25, 0.3) is 0 Å². The maximum absolute atomic E-state index is 12.6. The van der Waals surface area contributed by atoms with E-state index in [9.17, 15) is 14.9 Å². The molecule has 35 heavy (non-hydrogen) atoms. The smallest absolute Gasteiger partial charge is 0.494 e. The van der Waals surface area contributed by atoms with Crippen LogP contribution in [0, 0.1) is 11.3 Å². The normalized spacial score (nSPS) is 14.9. The molecule has 0 bridgehead atoms. The van der Waals surface area contributed by atoms with Gasteiger partial charge in [0.2, 0.25) is 5.91 Å². The van der Waals surface area contributed by atoms with Crippen LogP contribution in [0.15, 0.2) is 48.3 Å². The summed E-state index contributed by atoms with van der Waals surface area (Å²) in [5.41, 5.74) is 3.75. The summed E-state index contributed by atoms with van der Waals surface area (Å²) in [5.74, 6) is 0.395. The number of thiophene rings is 1. The van der Waals surface area contributed by atoms with E-state index in [0.717, 1.165) is 15.3 Å². The Hall–Kier alpha value is -3.42. The predicted molar refractivity (Wildman–Crippen MR) is 135 cm³/mol. The van der Waals surface area contributed by atoms with Crippen LogP contribution in [0.2, 0.25) is 0 Å². The van der Waals surface area contributed by atoms with Crippen molar-refractivity contribution in [3.63, 3.8) is 0 Å². The predicted octanol–water partition coefficient (Wildman–Crippen LogP) is 5.67. The summed E-state index contributed by atoms with van der Waals surface area (Å²) >= 11 is 2.75. The van der Waals surface area contributed by atoms with E-state index in [1.165, 1.54) is 22.7 Å². The molecular formula is C25H27N3O5S2. The van der Waals surface area contributed by atoms with E-state index >= 15 is 0 Å². The monoisotopic (exact) mass is 513 g/mol. The minimum Gasteiger partial charge on any atom is -0.494 e. The van der Waals surface area contributed by atoms with Gasteiger partial charge >= 0.3 is 6.16 Å². The summed E-state index contributed by atoms with van der Waals surface area (Å²) in [4.78, 5) is 30.3. The summed E-state index contributed by atoms with van der Waals surface area (Å²) in [6, 6.07) is 2.22. The van der Waals surface area contributed by atoms with Crippen molar-refractivity contribution in [2.24, 2.45) is 0 Å². The van der Waals surface area contributed by atoms with Gasteiger partial charge in [-0.25, -0.2) is 4.79 Å². The standard InChI is InChI=1S/C25H27N3O5S2/c1-4-6-21(31-5-2)16(3)7-10-23(29)28-24-20(12-26)19-9-8-17(11-22(19)35-24)33-25(30)32-14-18-13-27-15-34-18/h4,6,13,15,17H,1,3,5,7-11,14H2,2H3,(H,28,29)/b21-6+. The molecular weight excluding hydrogens is 486 g/mol. The van der Waals surface area contributed by atoms with Crippen molar-refractivity contribution >= 4 is 39.7 Å². The lowest BCUT2D eigenvalue weighted by Gasteiger charge is -2.21. The average Bonchev–Trinajstić information content (AvgIpc) is 3.48. The van der Waals surface area contributed by atoms with Crippen LogP contribution in [-0.2, 0) is 38.5 Å². The van der Waals surface area contributed by atoms with Gasteiger partial charge in [-0.2, -0.15) is 5.26 Å². The Kier molecular flexibility index (Phi) is 9.64. The molecule has 1 unspecified atom stereocenters. The molecule has 0 aromatic carbocycles. The van der Waals surface area contributed by atoms with Gasteiger partial charge < -0.3 is 19.5 Å². The van der Waals surface area contributed by atoms with Crippen molar-refractivity contribution in [3.8, 4) is 6.07 Å². The highest BCUT2D eigenvalue weighted by Gasteiger charge is 2.29. The van der Waals surface area contributed by atoms with Gasteiger partial charge in [-0.3, -0.25) is 9.78 Å². The first-order valence-corrected chi connectivity index (χ1v) is 12.8. The lowest BCUT2D eigenvalue weighted by molar-refractivity contribution is -0.116. The molecule has 3 rings (SSSR count). The summed E-state index contributed by atoms with van der Waals surface area (Å²) < 4.78 is 16.1. The molecule has 2 heterocycles. The number of carbonyl (C=O) groups excluding carboxylic acids is 2. The van der Waals surface area contributed by atoms with Crippen molar-refractivity contribution in [1.82, 2.24) is 4.98 Å². The molecule has 2 aromatic rings. The molecule has 184 valence electrons. The Bertz CT molecular complexity index is 1140. The Labute approximate surface area is 212 Å². The lowest BCUT2D eigenvalue weighted by Crippen LogP contribution is -2.25. The largest absolute Gasteiger partial charge is 0.508 e. The SMILES string of the molecule is C=C/C=C(/OCC)C(=C)CCC(=O)Nc1sc2c(c1C#N)CCC(OC(=O)OCc1cncs1)C2. The number of hydrogen-bond donors (Lipinski definition) is 1. The van der Waals surface area contributed by atoms with Gasteiger partial charge in [-0.05, 0) is 43.4 Å². The molecule has 10 heteroatoms. The quantitative estimate of drug-likeness (QED) is 0.234. The van der Waals surface area contributed by atoms with Crippen molar-refractivity contribution in [1.29, 1.82) is 5.26 Å². The second-order valence-corrected chi connectivity index (χ2v) is 9.74. The first-order chi connectivity index (χ1) is 16.9. The van der Waals surface area contributed by atoms with Gasteiger partial charge in [0.15, 0.2) is 0 Å². The van der Waals surface area contributed by atoms with Crippen LogP contribution in [-0.4, -0.2) is 29.8 Å². The number of carbonyl (C=O) groups is 2. The maximum Gasteiger partial charge on any atom is 0.508 e. The second kappa shape index (κ2) is 12.9. The second-order valence-electron chi connectivity index (χ2n) is 7.66. The fourth-order valence-corrected chi connectivity index (χ4v) is 5.37. The van der Waals surface area contributed by atoms with Crippen LogP contribution in [0.4, 0.5) is 9.80 Å². The minimum atomic E-state index is -0.727. The molecule has 0 aliphatic heterocycles.